The zero-order valence-corrected chi connectivity index (χ0v) is 9.63. The summed E-state index contributed by atoms with van der Waals surface area (Å²) in [4.78, 5) is 13.3. The van der Waals surface area contributed by atoms with Crippen molar-refractivity contribution in [3.63, 3.8) is 0 Å². The highest BCUT2D eigenvalue weighted by molar-refractivity contribution is 9.10. The molecule has 1 atom stereocenters. The van der Waals surface area contributed by atoms with Crippen molar-refractivity contribution in [2.24, 2.45) is 0 Å². The predicted octanol–water partition coefficient (Wildman–Crippen LogP) is 2.23. The molecular formula is C10H11BrN2O. The largest absolute Gasteiger partial charge is 0.372 e. The Morgan fingerprint density at radius 2 is 2.21 bits per heavy atom. The van der Waals surface area contributed by atoms with Crippen LogP contribution in [0, 0.1) is 0 Å². The van der Waals surface area contributed by atoms with Crippen LogP contribution >= 0.6 is 15.9 Å². The number of benzene rings is 1. The number of carbonyl (C=O) groups excluding carboxylic acids is 1. The standard InChI is InChI=1S/C10H11BrN2O/c1-6-10(14)13(2)9-4-3-7(11)5-8(9)12-6/h3-6,12H,1-2H3. The van der Waals surface area contributed by atoms with E-state index < -0.39 is 0 Å². The number of rotatable bonds is 0. The third-order valence-electron chi connectivity index (χ3n) is 2.39. The van der Waals surface area contributed by atoms with Gasteiger partial charge < -0.3 is 10.2 Å². The molecule has 1 aliphatic rings. The van der Waals surface area contributed by atoms with Crippen LogP contribution in [0.5, 0.6) is 0 Å². The van der Waals surface area contributed by atoms with Crippen LogP contribution in [0.3, 0.4) is 0 Å². The topological polar surface area (TPSA) is 32.3 Å². The van der Waals surface area contributed by atoms with Gasteiger partial charge in [0.2, 0.25) is 5.91 Å². The molecule has 0 aromatic heterocycles. The molecule has 14 heavy (non-hydrogen) atoms. The molecule has 0 saturated carbocycles. The van der Waals surface area contributed by atoms with E-state index in [-0.39, 0.29) is 11.9 Å². The molecule has 74 valence electrons. The fourth-order valence-electron chi connectivity index (χ4n) is 1.62. The van der Waals surface area contributed by atoms with Crippen molar-refractivity contribution in [1.29, 1.82) is 0 Å². The van der Waals surface area contributed by atoms with E-state index in [4.69, 9.17) is 0 Å². The number of fused-ring (bicyclic) bond motifs is 1. The Labute approximate surface area is 91.2 Å². The van der Waals surface area contributed by atoms with Gasteiger partial charge in [0.15, 0.2) is 0 Å². The molecule has 1 aromatic rings. The summed E-state index contributed by atoms with van der Waals surface area (Å²) in [5, 5.41) is 3.16. The maximum absolute atomic E-state index is 11.6. The highest BCUT2D eigenvalue weighted by Crippen LogP contribution is 2.32. The third kappa shape index (κ3) is 1.39. The van der Waals surface area contributed by atoms with Crippen LogP contribution in [0.1, 0.15) is 6.92 Å². The molecule has 1 heterocycles. The van der Waals surface area contributed by atoms with Crippen LogP contribution in [0.25, 0.3) is 0 Å². The molecule has 0 spiro atoms. The average Bonchev–Trinajstić information content (AvgIpc) is 2.14. The summed E-state index contributed by atoms with van der Waals surface area (Å²) in [6.07, 6.45) is 0. The van der Waals surface area contributed by atoms with Gasteiger partial charge in [-0.25, -0.2) is 0 Å². The molecule has 3 nitrogen and oxygen atoms in total. The molecule has 0 radical (unpaired) electrons. The molecule has 1 N–H and O–H groups in total. The van der Waals surface area contributed by atoms with Crippen molar-refractivity contribution in [3.05, 3.63) is 22.7 Å². The fraction of sp³-hybridized carbons (Fsp3) is 0.300. The van der Waals surface area contributed by atoms with Crippen molar-refractivity contribution >= 4 is 33.2 Å². The van der Waals surface area contributed by atoms with E-state index in [9.17, 15) is 4.79 Å². The molecule has 0 aliphatic carbocycles. The van der Waals surface area contributed by atoms with Gasteiger partial charge in [-0.15, -0.1) is 0 Å². The first-order valence-electron chi connectivity index (χ1n) is 4.43. The number of anilines is 2. The summed E-state index contributed by atoms with van der Waals surface area (Å²) in [5.41, 5.74) is 1.92. The number of nitrogens with one attached hydrogen (secondary N) is 1. The number of hydrogen-bond acceptors (Lipinski definition) is 2. The molecular weight excluding hydrogens is 244 g/mol. The quantitative estimate of drug-likeness (QED) is 0.770. The number of carbonyl (C=O) groups is 1. The van der Waals surface area contributed by atoms with E-state index in [1.807, 2.05) is 25.1 Å². The maximum Gasteiger partial charge on any atom is 0.248 e. The molecule has 1 aromatic carbocycles. The van der Waals surface area contributed by atoms with E-state index in [0.29, 0.717) is 0 Å². The number of hydrogen-bond donors (Lipinski definition) is 1. The molecule has 0 bridgehead atoms. The minimum Gasteiger partial charge on any atom is -0.372 e. The summed E-state index contributed by atoms with van der Waals surface area (Å²) >= 11 is 3.40. The molecule has 2 rings (SSSR count). The second kappa shape index (κ2) is 3.28. The first kappa shape index (κ1) is 9.52. The molecule has 1 amide bonds. The van der Waals surface area contributed by atoms with E-state index in [1.165, 1.54) is 0 Å². The second-order valence-corrected chi connectivity index (χ2v) is 4.34. The lowest BCUT2D eigenvalue weighted by atomic mass is 10.1. The van der Waals surface area contributed by atoms with Gasteiger partial charge in [0.1, 0.15) is 6.04 Å². The van der Waals surface area contributed by atoms with Gasteiger partial charge in [0.05, 0.1) is 11.4 Å². The Bertz CT molecular complexity index is 392. The van der Waals surface area contributed by atoms with Gasteiger partial charge in [-0.2, -0.15) is 0 Å². The van der Waals surface area contributed by atoms with E-state index in [1.54, 1.807) is 11.9 Å². The van der Waals surface area contributed by atoms with Gasteiger partial charge in [-0.1, -0.05) is 15.9 Å². The Hall–Kier alpha value is -1.03. The summed E-state index contributed by atoms with van der Waals surface area (Å²) < 4.78 is 1.01. The summed E-state index contributed by atoms with van der Waals surface area (Å²) in [6.45, 7) is 1.86. The van der Waals surface area contributed by atoms with Gasteiger partial charge >= 0.3 is 0 Å². The highest BCUT2D eigenvalue weighted by Gasteiger charge is 2.26. The minimum absolute atomic E-state index is 0.0971. The summed E-state index contributed by atoms with van der Waals surface area (Å²) in [7, 11) is 1.80. The normalized spacial score (nSPS) is 20.4. The van der Waals surface area contributed by atoms with Crippen LogP contribution < -0.4 is 10.2 Å². The predicted molar refractivity (Wildman–Crippen MR) is 60.6 cm³/mol. The van der Waals surface area contributed by atoms with Gasteiger partial charge in [-0.05, 0) is 25.1 Å². The lowest BCUT2D eigenvalue weighted by Gasteiger charge is -2.31. The Morgan fingerprint density at radius 1 is 1.50 bits per heavy atom. The molecule has 0 fully saturated rings. The Balaban J connectivity index is 2.50. The molecule has 4 heteroatoms. The summed E-state index contributed by atoms with van der Waals surface area (Å²) in [6, 6.07) is 5.69. The first-order valence-corrected chi connectivity index (χ1v) is 5.22. The zero-order chi connectivity index (χ0) is 10.3. The van der Waals surface area contributed by atoms with Crippen molar-refractivity contribution in [2.75, 3.05) is 17.3 Å². The minimum atomic E-state index is -0.151. The smallest absolute Gasteiger partial charge is 0.248 e. The van der Waals surface area contributed by atoms with Crippen LogP contribution in [0.15, 0.2) is 22.7 Å². The van der Waals surface area contributed by atoms with E-state index >= 15 is 0 Å². The van der Waals surface area contributed by atoms with Crippen molar-refractivity contribution in [1.82, 2.24) is 0 Å². The van der Waals surface area contributed by atoms with Gasteiger partial charge in [-0.3, -0.25) is 4.79 Å². The Kier molecular flexibility index (Phi) is 2.23. The first-order chi connectivity index (χ1) is 6.59. The highest BCUT2D eigenvalue weighted by atomic mass is 79.9. The zero-order valence-electron chi connectivity index (χ0n) is 8.04. The fourth-order valence-corrected chi connectivity index (χ4v) is 1.98. The van der Waals surface area contributed by atoms with Crippen molar-refractivity contribution in [2.45, 2.75) is 13.0 Å². The second-order valence-electron chi connectivity index (χ2n) is 3.42. The van der Waals surface area contributed by atoms with Crippen LogP contribution in [0.2, 0.25) is 0 Å². The number of likely N-dealkylation sites (N-methyl/N-ethyl adjacent to an activating group) is 1. The Morgan fingerprint density at radius 3 is 2.93 bits per heavy atom. The number of halogens is 1. The van der Waals surface area contributed by atoms with Crippen LogP contribution in [0.4, 0.5) is 11.4 Å². The lowest BCUT2D eigenvalue weighted by molar-refractivity contribution is -0.118. The maximum atomic E-state index is 11.6. The molecule has 0 saturated heterocycles. The van der Waals surface area contributed by atoms with E-state index in [2.05, 4.69) is 21.2 Å². The number of nitrogens with zero attached hydrogens (tertiary/aromatic N) is 1. The monoisotopic (exact) mass is 254 g/mol. The number of amides is 1. The van der Waals surface area contributed by atoms with Gasteiger partial charge in [0, 0.05) is 11.5 Å². The van der Waals surface area contributed by atoms with Crippen molar-refractivity contribution in [3.8, 4) is 0 Å². The van der Waals surface area contributed by atoms with Crippen LogP contribution in [-0.4, -0.2) is 19.0 Å². The van der Waals surface area contributed by atoms with Crippen molar-refractivity contribution < 1.29 is 4.79 Å². The van der Waals surface area contributed by atoms with Crippen LogP contribution in [-0.2, 0) is 4.79 Å². The van der Waals surface area contributed by atoms with E-state index in [0.717, 1.165) is 15.8 Å². The average molecular weight is 255 g/mol. The SMILES string of the molecule is CC1Nc2cc(Br)ccc2N(C)C1=O. The molecule has 1 aliphatic heterocycles. The lowest BCUT2D eigenvalue weighted by Crippen LogP contribution is -2.43. The molecule has 1 unspecified atom stereocenters. The van der Waals surface area contributed by atoms with Gasteiger partial charge in [0.25, 0.3) is 0 Å². The third-order valence-corrected chi connectivity index (χ3v) is 2.89. The summed E-state index contributed by atoms with van der Waals surface area (Å²) in [5.74, 6) is 0.0971.